The average Bonchev–Trinajstić information content (AvgIpc) is 3.07. The molecule has 3 aliphatic rings. The fourth-order valence-electron chi connectivity index (χ4n) is 4.74. The van der Waals surface area contributed by atoms with E-state index in [0.29, 0.717) is 32.8 Å². The highest BCUT2D eigenvalue weighted by Gasteiger charge is 2.43. The minimum Gasteiger partial charge on any atom is -0.481 e. The largest absolute Gasteiger partial charge is 0.481 e. The second-order valence-electron chi connectivity index (χ2n) is 8.96. The summed E-state index contributed by atoms with van der Waals surface area (Å²) in [5, 5.41) is 19.7. The third-order valence-corrected chi connectivity index (χ3v) is 6.45. The van der Waals surface area contributed by atoms with Crippen molar-refractivity contribution in [2.75, 3.05) is 33.0 Å². The number of aliphatic carboxylic acids is 1. The molecule has 8 heteroatoms. The fraction of sp³-hybridized carbons (Fsp3) is 0.875. The van der Waals surface area contributed by atoms with Crippen molar-refractivity contribution in [1.82, 2.24) is 0 Å². The lowest BCUT2D eigenvalue weighted by atomic mass is 9.90. The van der Waals surface area contributed by atoms with Crippen molar-refractivity contribution in [3.8, 4) is 0 Å². The van der Waals surface area contributed by atoms with Crippen LogP contribution in [0, 0.1) is 11.8 Å². The Balaban J connectivity index is 1.36. The van der Waals surface area contributed by atoms with Crippen LogP contribution in [-0.4, -0.2) is 74.0 Å². The Morgan fingerprint density at radius 1 is 1.00 bits per heavy atom. The van der Waals surface area contributed by atoms with Crippen LogP contribution in [0.4, 0.5) is 0 Å². The first kappa shape index (κ1) is 25.6. The Kier molecular flexibility index (Phi) is 11.4. The maximum atomic E-state index is 11.3. The van der Waals surface area contributed by atoms with Gasteiger partial charge >= 0.3 is 5.97 Å². The van der Waals surface area contributed by atoms with E-state index in [9.17, 15) is 15.0 Å². The summed E-state index contributed by atoms with van der Waals surface area (Å²) in [5.74, 6) is -1.36. The lowest BCUT2D eigenvalue weighted by Gasteiger charge is -2.29. The fourth-order valence-corrected chi connectivity index (χ4v) is 4.74. The summed E-state index contributed by atoms with van der Waals surface area (Å²) in [4.78, 5) is 11.3. The number of hydrogen-bond donors (Lipinski definition) is 2. The van der Waals surface area contributed by atoms with Gasteiger partial charge in [-0.3, -0.25) is 4.79 Å². The molecule has 32 heavy (non-hydrogen) atoms. The van der Waals surface area contributed by atoms with Crippen molar-refractivity contribution in [1.29, 1.82) is 0 Å². The van der Waals surface area contributed by atoms with Gasteiger partial charge in [-0.05, 0) is 51.4 Å². The summed E-state index contributed by atoms with van der Waals surface area (Å²) in [6.07, 6.45) is 11.1. The number of unbranched alkanes of at least 4 members (excludes halogenated alkanes) is 1. The van der Waals surface area contributed by atoms with Crippen LogP contribution in [0.15, 0.2) is 12.2 Å². The summed E-state index contributed by atoms with van der Waals surface area (Å²) >= 11 is 0. The van der Waals surface area contributed by atoms with Gasteiger partial charge in [0, 0.05) is 38.1 Å². The number of aliphatic hydroxyl groups excluding tert-OH is 1. The van der Waals surface area contributed by atoms with Gasteiger partial charge in [-0.25, -0.2) is 0 Å². The van der Waals surface area contributed by atoms with Crippen molar-refractivity contribution < 1.29 is 38.7 Å². The molecule has 6 atom stereocenters. The molecule has 2 heterocycles. The molecule has 3 rings (SSSR count). The second kappa shape index (κ2) is 14.3. The molecular formula is C24H40O8. The van der Waals surface area contributed by atoms with Crippen LogP contribution in [0.2, 0.25) is 0 Å². The van der Waals surface area contributed by atoms with Gasteiger partial charge in [-0.1, -0.05) is 12.2 Å². The van der Waals surface area contributed by atoms with Crippen LogP contribution < -0.4 is 0 Å². The Labute approximate surface area is 191 Å². The van der Waals surface area contributed by atoms with Crippen LogP contribution in [0.1, 0.15) is 64.2 Å². The molecular weight excluding hydrogens is 416 g/mol. The number of hydrogen-bond acceptors (Lipinski definition) is 7. The van der Waals surface area contributed by atoms with Crippen LogP contribution in [-0.2, 0) is 28.5 Å². The van der Waals surface area contributed by atoms with Gasteiger partial charge in [0.15, 0.2) is 12.6 Å². The van der Waals surface area contributed by atoms with Crippen molar-refractivity contribution >= 4 is 5.97 Å². The van der Waals surface area contributed by atoms with Gasteiger partial charge in [0.1, 0.15) is 0 Å². The molecule has 8 nitrogen and oxygen atoms in total. The minimum absolute atomic E-state index is 0.0601. The van der Waals surface area contributed by atoms with Gasteiger partial charge in [0.25, 0.3) is 0 Å². The highest BCUT2D eigenvalue weighted by molar-refractivity contribution is 5.67. The molecule has 2 saturated heterocycles. The van der Waals surface area contributed by atoms with Crippen molar-refractivity contribution in [3.63, 3.8) is 0 Å². The van der Waals surface area contributed by atoms with E-state index >= 15 is 0 Å². The summed E-state index contributed by atoms with van der Waals surface area (Å²) < 4.78 is 28.6. The van der Waals surface area contributed by atoms with E-state index in [1.54, 1.807) is 0 Å². The zero-order valence-electron chi connectivity index (χ0n) is 19.1. The molecule has 0 amide bonds. The van der Waals surface area contributed by atoms with E-state index in [2.05, 4.69) is 6.08 Å². The van der Waals surface area contributed by atoms with Crippen LogP contribution in [0.25, 0.3) is 0 Å². The minimum atomic E-state index is -0.892. The molecule has 2 aliphatic heterocycles. The molecule has 1 saturated carbocycles. The van der Waals surface area contributed by atoms with Gasteiger partial charge in [0.2, 0.25) is 0 Å². The van der Waals surface area contributed by atoms with Gasteiger partial charge in [-0.2, -0.15) is 0 Å². The standard InChI is InChI=1S/C24H40O8/c25-20-17-21(32-24-10-4-7-13-30-24)18(19(20)16-22(26)27)8-2-1-5-11-28-14-15-31-23-9-3-6-12-29-23/h2,8,18-21,23-25H,1,3-7,9-17H2,(H,26,27)/t18-,19-,20+,21-,23?,24?/m1/s1. The summed E-state index contributed by atoms with van der Waals surface area (Å²) in [7, 11) is 0. The Hall–Kier alpha value is -1.03. The molecule has 0 aromatic heterocycles. The smallest absolute Gasteiger partial charge is 0.303 e. The molecule has 0 aromatic rings. The van der Waals surface area contributed by atoms with Crippen LogP contribution in [0.3, 0.4) is 0 Å². The normalized spacial score (nSPS) is 33.7. The summed E-state index contributed by atoms with van der Waals surface area (Å²) in [6.45, 7) is 3.21. The SMILES string of the molecule is O=C(O)C[C@@H]1[C@@H](C=CCCCOCCOC2CCCCO2)[C@H](OC2CCCCO2)C[C@@H]1O. The predicted octanol–water partition coefficient (Wildman–Crippen LogP) is 3.27. The van der Waals surface area contributed by atoms with Crippen LogP contribution >= 0.6 is 0 Å². The van der Waals surface area contributed by atoms with Gasteiger partial charge in [0.05, 0.1) is 31.8 Å². The lowest BCUT2D eigenvalue weighted by Crippen LogP contribution is -2.31. The number of ether oxygens (including phenoxy) is 5. The first-order valence-electron chi connectivity index (χ1n) is 12.3. The Morgan fingerprint density at radius 3 is 2.44 bits per heavy atom. The third-order valence-electron chi connectivity index (χ3n) is 6.45. The lowest BCUT2D eigenvalue weighted by molar-refractivity contribution is -0.193. The number of carboxylic acids is 1. The zero-order valence-corrected chi connectivity index (χ0v) is 19.1. The molecule has 2 unspecified atom stereocenters. The van der Waals surface area contributed by atoms with E-state index in [4.69, 9.17) is 23.7 Å². The molecule has 184 valence electrons. The number of aliphatic hydroxyl groups is 1. The highest BCUT2D eigenvalue weighted by atomic mass is 16.7. The zero-order chi connectivity index (χ0) is 22.6. The van der Waals surface area contributed by atoms with E-state index in [-0.39, 0.29) is 36.9 Å². The molecule has 3 fully saturated rings. The van der Waals surface area contributed by atoms with Crippen molar-refractivity contribution in [2.24, 2.45) is 11.8 Å². The first-order valence-corrected chi connectivity index (χ1v) is 12.3. The van der Waals surface area contributed by atoms with Gasteiger partial charge in [-0.15, -0.1) is 0 Å². The summed E-state index contributed by atoms with van der Waals surface area (Å²) in [5.41, 5.74) is 0. The molecule has 1 aliphatic carbocycles. The van der Waals surface area contributed by atoms with Crippen molar-refractivity contribution in [2.45, 2.75) is 89.0 Å². The summed E-state index contributed by atoms with van der Waals surface area (Å²) in [6, 6.07) is 0. The number of carbonyl (C=O) groups is 1. The Bertz CT molecular complexity index is 556. The molecule has 0 spiro atoms. The first-order chi connectivity index (χ1) is 15.6. The Morgan fingerprint density at radius 2 is 1.75 bits per heavy atom. The predicted molar refractivity (Wildman–Crippen MR) is 117 cm³/mol. The molecule has 0 bridgehead atoms. The van der Waals surface area contributed by atoms with Crippen molar-refractivity contribution in [3.05, 3.63) is 12.2 Å². The van der Waals surface area contributed by atoms with E-state index in [0.717, 1.165) is 58.0 Å². The average molecular weight is 457 g/mol. The number of carboxylic acid groups (broad SMARTS) is 1. The van der Waals surface area contributed by atoms with E-state index in [1.807, 2.05) is 6.08 Å². The molecule has 0 radical (unpaired) electrons. The molecule has 2 N–H and O–H groups in total. The van der Waals surface area contributed by atoms with E-state index < -0.39 is 12.1 Å². The van der Waals surface area contributed by atoms with Gasteiger partial charge < -0.3 is 33.9 Å². The van der Waals surface area contributed by atoms with Crippen LogP contribution in [0.5, 0.6) is 0 Å². The maximum absolute atomic E-state index is 11.3. The third kappa shape index (κ3) is 8.72. The van der Waals surface area contributed by atoms with E-state index in [1.165, 1.54) is 0 Å². The maximum Gasteiger partial charge on any atom is 0.303 e. The monoisotopic (exact) mass is 456 g/mol. The second-order valence-corrected chi connectivity index (χ2v) is 8.96. The highest BCUT2D eigenvalue weighted by Crippen LogP contribution is 2.39. The quantitative estimate of drug-likeness (QED) is 0.322. The number of allylic oxidation sites excluding steroid dienone is 1. The number of rotatable bonds is 13. The molecule has 0 aromatic carbocycles. The topological polar surface area (TPSA) is 104 Å².